The fourth-order valence-corrected chi connectivity index (χ4v) is 1.59. The van der Waals surface area contributed by atoms with Crippen LogP contribution in [0.1, 0.15) is 10.4 Å². The van der Waals surface area contributed by atoms with Gasteiger partial charge in [0.25, 0.3) is 11.8 Å². The summed E-state index contributed by atoms with van der Waals surface area (Å²) in [5.41, 5.74) is 0.694. The zero-order valence-electron chi connectivity index (χ0n) is 9.83. The normalized spacial score (nSPS) is 13.5. The van der Waals surface area contributed by atoms with E-state index in [-0.39, 0.29) is 6.61 Å². The number of benzene rings is 1. The van der Waals surface area contributed by atoms with E-state index in [1.807, 2.05) is 0 Å². The average molecular weight is 255 g/mol. The third-order valence-corrected chi connectivity index (χ3v) is 2.46. The Morgan fingerprint density at radius 1 is 1.16 bits per heavy atom. The van der Waals surface area contributed by atoms with Crippen LogP contribution in [0.15, 0.2) is 36.4 Å². The van der Waals surface area contributed by atoms with Crippen LogP contribution in [0.2, 0.25) is 0 Å². The summed E-state index contributed by atoms with van der Waals surface area (Å²) in [5, 5.41) is 0. The first-order chi connectivity index (χ1) is 9.13. The van der Waals surface area contributed by atoms with E-state index in [0.29, 0.717) is 11.3 Å². The number of anilines is 1. The molecule has 0 fully saturated rings. The van der Waals surface area contributed by atoms with Crippen molar-refractivity contribution in [2.75, 3.05) is 11.5 Å². The van der Waals surface area contributed by atoms with Gasteiger partial charge in [-0.3, -0.25) is 9.59 Å². The topological polar surface area (TPSA) is 63.7 Å². The van der Waals surface area contributed by atoms with Gasteiger partial charge in [-0.2, -0.15) is 0 Å². The maximum absolute atomic E-state index is 11.5. The van der Waals surface area contributed by atoms with Crippen LogP contribution in [0.3, 0.4) is 0 Å². The number of ether oxygens (including phenoxy) is 1. The van der Waals surface area contributed by atoms with Gasteiger partial charge in [-0.1, -0.05) is 5.92 Å². The molecule has 0 unspecified atom stereocenters. The number of nitrogens with zero attached hydrogens (tertiary/aromatic N) is 1. The van der Waals surface area contributed by atoms with Crippen LogP contribution in [0.5, 0.6) is 0 Å². The minimum absolute atomic E-state index is 0.104. The molecule has 5 heteroatoms. The summed E-state index contributed by atoms with van der Waals surface area (Å²) >= 11 is 0. The van der Waals surface area contributed by atoms with Gasteiger partial charge in [0, 0.05) is 12.2 Å². The molecule has 0 saturated carbocycles. The number of imide groups is 1. The highest BCUT2D eigenvalue weighted by Crippen LogP contribution is 2.19. The van der Waals surface area contributed by atoms with Gasteiger partial charge in [0.2, 0.25) is 0 Å². The van der Waals surface area contributed by atoms with Crippen LogP contribution in [-0.4, -0.2) is 24.4 Å². The van der Waals surface area contributed by atoms with Crippen molar-refractivity contribution in [3.05, 3.63) is 42.0 Å². The van der Waals surface area contributed by atoms with E-state index < -0.39 is 17.8 Å². The molecule has 94 valence electrons. The molecule has 0 radical (unpaired) electrons. The fourth-order valence-electron chi connectivity index (χ4n) is 1.59. The lowest BCUT2D eigenvalue weighted by Crippen LogP contribution is -2.29. The Labute approximate surface area is 109 Å². The van der Waals surface area contributed by atoms with E-state index in [1.165, 1.54) is 36.4 Å². The van der Waals surface area contributed by atoms with Crippen LogP contribution in [0.25, 0.3) is 0 Å². The van der Waals surface area contributed by atoms with E-state index >= 15 is 0 Å². The quantitative estimate of drug-likeness (QED) is 0.457. The maximum atomic E-state index is 11.5. The second kappa shape index (κ2) is 5.19. The molecule has 2 amide bonds. The van der Waals surface area contributed by atoms with Gasteiger partial charge < -0.3 is 4.74 Å². The summed E-state index contributed by atoms with van der Waals surface area (Å²) < 4.78 is 4.75. The van der Waals surface area contributed by atoms with Crippen molar-refractivity contribution in [2.24, 2.45) is 0 Å². The summed E-state index contributed by atoms with van der Waals surface area (Å²) in [5.74, 6) is 0.814. The van der Waals surface area contributed by atoms with Gasteiger partial charge in [0.1, 0.15) is 0 Å². The van der Waals surface area contributed by atoms with Crippen molar-refractivity contribution < 1.29 is 19.1 Å². The first kappa shape index (κ1) is 12.6. The molecule has 5 nitrogen and oxygen atoms in total. The number of carbonyl (C=O) groups excluding carboxylic acids is 3. The zero-order valence-corrected chi connectivity index (χ0v) is 9.83. The van der Waals surface area contributed by atoms with Crippen molar-refractivity contribution in [1.29, 1.82) is 0 Å². The SMILES string of the molecule is C#CCOC(=O)c1ccc(N2C(=O)C=CC2=O)cc1. The minimum Gasteiger partial charge on any atom is -0.449 e. The molecule has 0 atom stereocenters. The van der Waals surface area contributed by atoms with Gasteiger partial charge in [-0.05, 0) is 24.3 Å². The lowest BCUT2D eigenvalue weighted by atomic mass is 10.2. The Kier molecular flexibility index (Phi) is 3.44. The second-order valence-electron chi connectivity index (χ2n) is 3.67. The highest BCUT2D eigenvalue weighted by molar-refractivity contribution is 6.28. The Bertz CT molecular complexity index is 589. The molecule has 0 bridgehead atoms. The molecule has 0 N–H and O–H groups in total. The summed E-state index contributed by atoms with van der Waals surface area (Å²) in [7, 11) is 0. The molecular weight excluding hydrogens is 246 g/mol. The molecule has 1 aromatic carbocycles. The number of carbonyl (C=O) groups is 3. The monoisotopic (exact) mass is 255 g/mol. The number of esters is 1. The van der Waals surface area contributed by atoms with Crippen molar-refractivity contribution in [3.63, 3.8) is 0 Å². The maximum Gasteiger partial charge on any atom is 0.339 e. The van der Waals surface area contributed by atoms with Crippen LogP contribution in [0.4, 0.5) is 5.69 Å². The summed E-state index contributed by atoms with van der Waals surface area (Å²) in [6, 6.07) is 5.92. The molecular formula is C14H9NO4. The molecule has 2 rings (SSSR count). The number of hydrogen-bond donors (Lipinski definition) is 0. The summed E-state index contributed by atoms with van der Waals surface area (Å²) in [6.45, 7) is -0.104. The Morgan fingerprint density at radius 2 is 1.74 bits per heavy atom. The van der Waals surface area contributed by atoms with E-state index in [2.05, 4.69) is 5.92 Å². The third-order valence-electron chi connectivity index (χ3n) is 2.46. The Balaban J connectivity index is 2.15. The van der Waals surface area contributed by atoms with Crippen molar-refractivity contribution in [2.45, 2.75) is 0 Å². The standard InChI is InChI=1S/C14H9NO4/c1-2-9-19-14(18)10-3-5-11(6-4-10)15-12(16)7-8-13(15)17/h1,3-8H,9H2. The number of hydrogen-bond acceptors (Lipinski definition) is 4. The van der Waals surface area contributed by atoms with Crippen molar-refractivity contribution >= 4 is 23.5 Å². The number of terminal acetylenes is 1. The van der Waals surface area contributed by atoms with E-state index in [1.54, 1.807) is 0 Å². The number of amides is 2. The third kappa shape index (κ3) is 2.53. The molecule has 0 spiro atoms. The molecule has 1 heterocycles. The van der Waals surface area contributed by atoms with Crippen molar-refractivity contribution in [1.82, 2.24) is 0 Å². The van der Waals surface area contributed by atoms with Crippen LogP contribution < -0.4 is 4.90 Å². The van der Waals surface area contributed by atoms with Crippen molar-refractivity contribution in [3.8, 4) is 12.3 Å². The predicted molar refractivity (Wildman–Crippen MR) is 67.2 cm³/mol. The minimum atomic E-state index is -0.554. The van der Waals surface area contributed by atoms with Gasteiger partial charge in [-0.15, -0.1) is 6.42 Å². The average Bonchev–Trinajstić information content (AvgIpc) is 2.76. The summed E-state index contributed by atoms with van der Waals surface area (Å²) in [6.07, 6.45) is 7.36. The van der Waals surface area contributed by atoms with Gasteiger partial charge in [0.15, 0.2) is 6.61 Å². The second-order valence-corrected chi connectivity index (χ2v) is 3.67. The lowest BCUT2D eigenvalue weighted by Gasteiger charge is -2.13. The van der Waals surface area contributed by atoms with E-state index in [0.717, 1.165) is 4.90 Å². The highest BCUT2D eigenvalue weighted by Gasteiger charge is 2.25. The largest absolute Gasteiger partial charge is 0.449 e. The first-order valence-electron chi connectivity index (χ1n) is 5.40. The number of rotatable bonds is 3. The first-order valence-corrected chi connectivity index (χ1v) is 5.40. The summed E-state index contributed by atoms with van der Waals surface area (Å²) in [4.78, 5) is 35.4. The zero-order chi connectivity index (χ0) is 13.8. The predicted octanol–water partition coefficient (Wildman–Crippen LogP) is 0.906. The lowest BCUT2D eigenvalue weighted by molar-refractivity contribution is -0.119. The van der Waals surface area contributed by atoms with Crippen LogP contribution in [0, 0.1) is 12.3 Å². The smallest absolute Gasteiger partial charge is 0.339 e. The fraction of sp³-hybridized carbons (Fsp3) is 0.0714. The molecule has 1 aliphatic heterocycles. The van der Waals surface area contributed by atoms with E-state index in [9.17, 15) is 14.4 Å². The van der Waals surface area contributed by atoms with Gasteiger partial charge in [0.05, 0.1) is 11.3 Å². The van der Waals surface area contributed by atoms with Gasteiger partial charge >= 0.3 is 5.97 Å². The Hall–Kier alpha value is -2.87. The van der Waals surface area contributed by atoms with Crippen LogP contribution >= 0.6 is 0 Å². The molecule has 1 aromatic rings. The molecule has 1 aliphatic rings. The van der Waals surface area contributed by atoms with Gasteiger partial charge in [-0.25, -0.2) is 9.69 Å². The highest BCUT2D eigenvalue weighted by atomic mass is 16.5. The molecule has 19 heavy (non-hydrogen) atoms. The van der Waals surface area contributed by atoms with Crippen LogP contribution in [-0.2, 0) is 14.3 Å². The Morgan fingerprint density at radius 3 is 2.26 bits per heavy atom. The molecule has 0 saturated heterocycles. The molecule has 0 aliphatic carbocycles. The van der Waals surface area contributed by atoms with E-state index in [4.69, 9.17) is 11.2 Å². The molecule has 0 aromatic heterocycles.